The van der Waals surface area contributed by atoms with Crippen LogP contribution in [-0.4, -0.2) is 9.13 Å². The molecule has 3 heteroatoms. The van der Waals surface area contributed by atoms with Gasteiger partial charge in [0.1, 0.15) is 0 Å². The van der Waals surface area contributed by atoms with Crippen LogP contribution >= 0.6 is 0 Å². The maximum Gasteiger partial charge on any atom is 0.0632 e. The van der Waals surface area contributed by atoms with Gasteiger partial charge >= 0.3 is 0 Å². The normalized spacial score (nSPS) is 14.1. The van der Waals surface area contributed by atoms with Crippen LogP contribution in [0, 0.1) is 0 Å². The standard InChI is InChI=1S/C50H35N3/c1-3-13-36(14-4-1)48-31-37-15-7-10-20-45(37)51(48)39-27-23-34(24-28-39)35-25-29-40(30-26-35)53-47-22-12-9-19-42(47)44-32-49-43(33-50(44)53)41-18-8-11-21-46(41)52(49)38-16-5-2-6-17-38/h1-30,32-33,48H,31H2. The molecule has 0 N–H and O–H groups in total. The number of benzene rings is 8. The molecular formula is C50H35N3. The van der Waals surface area contributed by atoms with Gasteiger partial charge in [0.05, 0.1) is 28.1 Å². The lowest BCUT2D eigenvalue weighted by atomic mass is 10.0. The monoisotopic (exact) mass is 677 g/mol. The van der Waals surface area contributed by atoms with Crippen molar-refractivity contribution < 1.29 is 0 Å². The number of nitrogens with zero attached hydrogens (tertiary/aromatic N) is 3. The Morgan fingerprint density at radius 3 is 1.43 bits per heavy atom. The molecule has 250 valence electrons. The van der Waals surface area contributed by atoms with E-state index in [2.05, 4.69) is 208 Å². The summed E-state index contributed by atoms with van der Waals surface area (Å²) in [5.74, 6) is 0. The van der Waals surface area contributed by atoms with E-state index in [-0.39, 0.29) is 6.04 Å². The Morgan fingerprint density at radius 1 is 0.358 bits per heavy atom. The Bertz CT molecular complexity index is 2950. The minimum Gasteiger partial charge on any atom is -0.333 e. The molecule has 2 aromatic heterocycles. The topological polar surface area (TPSA) is 13.1 Å². The number of hydrogen-bond donors (Lipinski definition) is 0. The number of anilines is 2. The van der Waals surface area contributed by atoms with Crippen LogP contribution in [0.4, 0.5) is 11.4 Å². The van der Waals surface area contributed by atoms with Gasteiger partial charge in [0.25, 0.3) is 0 Å². The van der Waals surface area contributed by atoms with Gasteiger partial charge in [0.2, 0.25) is 0 Å². The summed E-state index contributed by atoms with van der Waals surface area (Å²) in [6.45, 7) is 0. The molecule has 0 saturated carbocycles. The lowest BCUT2D eigenvalue weighted by Gasteiger charge is -2.28. The van der Waals surface area contributed by atoms with E-state index in [1.54, 1.807) is 0 Å². The van der Waals surface area contributed by atoms with Crippen LogP contribution in [0.3, 0.4) is 0 Å². The average Bonchev–Trinajstić information content (AvgIpc) is 3.89. The molecule has 0 fully saturated rings. The zero-order chi connectivity index (χ0) is 34.9. The van der Waals surface area contributed by atoms with Crippen LogP contribution in [0.25, 0.3) is 66.1 Å². The second-order valence-corrected chi connectivity index (χ2v) is 14.2. The molecule has 0 saturated heterocycles. The zero-order valence-electron chi connectivity index (χ0n) is 29.1. The molecule has 1 aliphatic rings. The van der Waals surface area contributed by atoms with E-state index >= 15 is 0 Å². The fourth-order valence-electron chi connectivity index (χ4n) is 8.83. The van der Waals surface area contributed by atoms with Gasteiger partial charge < -0.3 is 14.0 Å². The maximum atomic E-state index is 2.51. The van der Waals surface area contributed by atoms with Crippen LogP contribution in [-0.2, 0) is 6.42 Å². The second kappa shape index (κ2) is 11.9. The lowest BCUT2D eigenvalue weighted by molar-refractivity contribution is 0.743. The first-order valence-corrected chi connectivity index (χ1v) is 18.4. The first kappa shape index (κ1) is 29.8. The van der Waals surface area contributed by atoms with E-state index in [1.165, 1.54) is 82.9 Å². The van der Waals surface area contributed by atoms with Crippen LogP contribution in [0.1, 0.15) is 17.2 Å². The van der Waals surface area contributed by atoms with Crippen molar-refractivity contribution in [3.63, 3.8) is 0 Å². The molecule has 1 atom stereocenters. The summed E-state index contributed by atoms with van der Waals surface area (Å²) in [4.78, 5) is 2.51. The molecule has 0 bridgehead atoms. The summed E-state index contributed by atoms with van der Waals surface area (Å²) in [6.07, 6.45) is 1.01. The van der Waals surface area contributed by atoms with Gasteiger partial charge in [-0.25, -0.2) is 0 Å². The van der Waals surface area contributed by atoms with Gasteiger partial charge in [-0.3, -0.25) is 0 Å². The predicted octanol–water partition coefficient (Wildman–Crippen LogP) is 13.0. The van der Waals surface area contributed by atoms with Crippen molar-refractivity contribution in [3.8, 4) is 22.5 Å². The molecule has 53 heavy (non-hydrogen) atoms. The molecule has 8 aromatic carbocycles. The third-order valence-corrected chi connectivity index (χ3v) is 11.2. The third-order valence-electron chi connectivity index (χ3n) is 11.2. The number of rotatable bonds is 5. The van der Waals surface area contributed by atoms with Crippen LogP contribution in [0.15, 0.2) is 194 Å². The summed E-state index contributed by atoms with van der Waals surface area (Å²) < 4.78 is 4.83. The number of hydrogen-bond acceptors (Lipinski definition) is 1. The van der Waals surface area contributed by atoms with Crippen molar-refractivity contribution >= 4 is 55.0 Å². The van der Waals surface area contributed by atoms with Crippen molar-refractivity contribution in [1.29, 1.82) is 0 Å². The van der Waals surface area contributed by atoms with E-state index in [9.17, 15) is 0 Å². The average molecular weight is 678 g/mol. The SMILES string of the molecule is c1ccc(C2Cc3ccccc3N2c2ccc(-c3ccc(-n4c5ccccc5c5cc6c(cc54)c4ccccc4n6-c4ccccc4)cc3)cc2)cc1. The lowest BCUT2D eigenvalue weighted by Crippen LogP contribution is -2.19. The van der Waals surface area contributed by atoms with E-state index in [4.69, 9.17) is 0 Å². The fourth-order valence-corrected chi connectivity index (χ4v) is 8.83. The first-order valence-electron chi connectivity index (χ1n) is 18.4. The van der Waals surface area contributed by atoms with Crippen molar-refractivity contribution in [2.24, 2.45) is 0 Å². The quantitative estimate of drug-likeness (QED) is 0.177. The smallest absolute Gasteiger partial charge is 0.0632 e. The van der Waals surface area contributed by atoms with Crippen LogP contribution in [0.5, 0.6) is 0 Å². The largest absolute Gasteiger partial charge is 0.333 e. The maximum absolute atomic E-state index is 2.51. The van der Waals surface area contributed by atoms with E-state index < -0.39 is 0 Å². The van der Waals surface area contributed by atoms with Crippen molar-refractivity contribution in [2.45, 2.75) is 12.5 Å². The van der Waals surface area contributed by atoms with E-state index in [0.717, 1.165) is 12.1 Å². The van der Waals surface area contributed by atoms with Gasteiger partial charge in [0, 0.05) is 44.3 Å². The first-order chi connectivity index (χ1) is 26.3. The number of fused-ring (bicyclic) bond motifs is 7. The highest BCUT2D eigenvalue weighted by molar-refractivity contribution is 6.19. The fraction of sp³-hybridized carbons (Fsp3) is 0.0400. The van der Waals surface area contributed by atoms with Crippen molar-refractivity contribution in [1.82, 2.24) is 9.13 Å². The molecule has 3 nitrogen and oxygen atoms in total. The molecule has 0 radical (unpaired) electrons. The molecule has 0 aliphatic carbocycles. The molecule has 1 unspecified atom stereocenters. The summed E-state index contributed by atoms with van der Waals surface area (Å²) in [7, 11) is 0. The summed E-state index contributed by atoms with van der Waals surface area (Å²) in [5, 5.41) is 5.03. The highest BCUT2D eigenvalue weighted by Gasteiger charge is 2.31. The van der Waals surface area contributed by atoms with Crippen LogP contribution < -0.4 is 4.90 Å². The van der Waals surface area contributed by atoms with Gasteiger partial charge in [-0.15, -0.1) is 0 Å². The highest BCUT2D eigenvalue weighted by atomic mass is 15.2. The summed E-state index contributed by atoms with van der Waals surface area (Å²) in [6, 6.07) is 71.3. The minimum atomic E-state index is 0.279. The van der Waals surface area contributed by atoms with E-state index in [1.807, 2.05) is 0 Å². The number of para-hydroxylation sites is 4. The highest BCUT2D eigenvalue weighted by Crippen LogP contribution is 2.46. The predicted molar refractivity (Wildman–Crippen MR) is 222 cm³/mol. The Hall–Kier alpha value is -6.84. The molecule has 0 spiro atoms. The molecule has 10 aromatic rings. The van der Waals surface area contributed by atoms with Crippen LogP contribution in [0.2, 0.25) is 0 Å². The molecular weight excluding hydrogens is 643 g/mol. The Balaban J connectivity index is 0.997. The van der Waals surface area contributed by atoms with Gasteiger partial charge in [-0.1, -0.05) is 127 Å². The molecule has 11 rings (SSSR count). The van der Waals surface area contributed by atoms with Gasteiger partial charge in [-0.2, -0.15) is 0 Å². The Labute approximate surface area is 308 Å². The zero-order valence-corrected chi connectivity index (χ0v) is 29.1. The number of aromatic nitrogens is 2. The minimum absolute atomic E-state index is 0.279. The molecule has 3 heterocycles. The summed E-state index contributed by atoms with van der Waals surface area (Å²) >= 11 is 0. The second-order valence-electron chi connectivity index (χ2n) is 14.2. The Kier molecular flexibility index (Phi) is 6.68. The van der Waals surface area contributed by atoms with Crippen molar-refractivity contribution in [3.05, 3.63) is 205 Å². The van der Waals surface area contributed by atoms with Gasteiger partial charge in [-0.05, 0) is 95.4 Å². The van der Waals surface area contributed by atoms with Crippen molar-refractivity contribution in [2.75, 3.05) is 4.90 Å². The molecule has 0 amide bonds. The third kappa shape index (κ3) is 4.67. The van der Waals surface area contributed by atoms with Gasteiger partial charge in [0.15, 0.2) is 0 Å². The molecule has 1 aliphatic heterocycles. The Morgan fingerprint density at radius 2 is 0.830 bits per heavy atom. The van der Waals surface area contributed by atoms with E-state index in [0.29, 0.717) is 0 Å². The summed E-state index contributed by atoms with van der Waals surface area (Å²) in [5.41, 5.74) is 14.9.